The number of carbonyl (C=O) groups is 1. The summed E-state index contributed by atoms with van der Waals surface area (Å²) in [6.07, 6.45) is -0.0994. The van der Waals surface area contributed by atoms with Gasteiger partial charge in [0.15, 0.2) is 0 Å². The van der Waals surface area contributed by atoms with Crippen LogP contribution in [0.25, 0.3) is 0 Å². The predicted molar refractivity (Wildman–Crippen MR) is 127 cm³/mol. The van der Waals surface area contributed by atoms with E-state index in [-0.39, 0.29) is 5.75 Å². The molecule has 190 valence electrons. The number of nitrogens with one attached hydrogen (secondary N) is 1. The zero-order valence-electron chi connectivity index (χ0n) is 19.1. The van der Waals surface area contributed by atoms with Gasteiger partial charge in [-0.2, -0.15) is 0 Å². The molecule has 0 saturated carbocycles. The fourth-order valence-corrected chi connectivity index (χ4v) is 5.19. The molecule has 3 aromatic rings. The molecule has 1 fully saturated rings. The Balaban J connectivity index is 1.37. The number of aromatic nitrogens is 1. The number of carbonyl (C=O) groups excluding carboxylic acids is 1. The van der Waals surface area contributed by atoms with Crippen molar-refractivity contribution in [2.45, 2.75) is 35.4 Å². The maximum atomic E-state index is 12.7. The third kappa shape index (κ3) is 6.90. The first-order chi connectivity index (χ1) is 17.2. The molecule has 1 aliphatic heterocycles. The fourth-order valence-electron chi connectivity index (χ4n) is 3.95. The summed E-state index contributed by atoms with van der Waals surface area (Å²) in [5, 5.41) is 9.40. The number of likely N-dealkylation sites (tertiary alicyclic amines) is 1. The lowest BCUT2D eigenvalue weighted by molar-refractivity contribution is -0.274. The van der Waals surface area contributed by atoms with E-state index in [0.717, 1.165) is 17.0 Å². The first-order valence-electron chi connectivity index (χ1n) is 11.1. The van der Waals surface area contributed by atoms with E-state index in [0.29, 0.717) is 37.4 Å². The van der Waals surface area contributed by atoms with Crippen LogP contribution in [-0.2, 0) is 11.3 Å². The summed E-state index contributed by atoms with van der Waals surface area (Å²) in [6, 6.07) is 16.0. The van der Waals surface area contributed by atoms with Gasteiger partial charge in [-0.15, -0.1) is 24.9 Å². The third-order valence-corrected chi connectivity index (χ3v) is 7.23. The smallest absolute Gasteiger partial charge is 0.457 e. The number of piperidine rings is 1. The highest BCUT2D eigenvalue weighted by atomic mass is 32.2. The minimum absolute atomic E-state index is 0.333. The van der Waals surface area contributed by atoms with Gasteiger partial charge in [-0.3, -0.25) is 19.9 Å². The molecule has 1 amide bonds. The monoisotopic (exact) mass is 519 g/mol. The molecule has 11 heteroatoms. The van der Waals surface area contributed by atoms with Crippen molar-refractivity contribution in [1.82, 2.24) is 15.4 Å². The van der Waals surface area contributed by atoms with Gasteiger partial charge in [-0.25, -0.2) is 5.48 Å². The minimum atomic E-state index is -4.75. The Labute approximate surface area is 210 Å². The molecule has 0 atom stereocenters. The molecular weight excluding hydrogens is 495 g/mol. The van der Waals surface area contributed by atoms with Gasteiger partial charge in [0.2, 0.25) is 0 Å². The van der Waals surface area contributed by atoms with E-state index in [1.165, 1.54) is 36.0 Å². The normalized spacial score (nSPS) is 15.8. The van der Waals surface area contributed by atoms with Crippen molar-refractivity contribution in [3.05, 3.63) is 78.6 Å². The van der Waals surface area contributed by atoms with E-state index in [9.17, 15) is 23.2 Å². The fraction of sp³-hybridized carbons (Fsp3) is 0.280. The van der Waals surface area contributed by atoms with Crippen molar-refractivity contribution in [3.63, 3.8) is 0 Å². The molecule has 2 N–H and O–H groups in total. The van der Waals surface area contributed by atoms with Crippen LogP contribution >= 0.6 is 11.8 Å². The van der Waals surface area contributed by atoms with Crippen molar-refractivity contribution < 1.29 is 32.6 Å². The standard InChI is InChI=1S/C25H24F3N3O4S/c26-25(27,28)35-21-5-3-19(4-6-21)34-20-7-9-22(10-8-20)36-24(23(32)30-33)11-14-31(15-12-24)17-18-2-1-13-29-16-18/h1-10,13,16,33H,11-12,14-15,17H2,(H,30,32). The number of thioether (sulfide) groups is 1. The number of alkyl halides is 3. The van der Waals surface area contributed by atoms with Crippen LogP contribution in [0.3, 0.4) is 0 Å². The molecule has 36 heavy (non-hydrogen) atoms. The molecule has 2 heterocycles. The average Bonchev–Trinajstić information content (AvgIpc) is 2.87. The summed E-state index contributed by atoms with van der Waals surface area (Å²) >= 11 is 1.39. The maximum Gasteiger partial charge on any atom is 0.573 e. The maximum absolute atomic E-state index is 12.7. The number of benzene rings is 2. The number of rotatable bonds is 8. The lowest BCUT2D eigenvalue weighted by atomic mass is 9.94. The second kappa shape index (κ2) is 11.2. The first-order valence-corrected chi connectivity index (χ1v) is 11.9. The number of halogens is 3. The van der Waals surface area contributed by atoms with Crippen molar-refractivity contribution >= 4 is 17.7 Å². The number of pyridine rings is 1. The summed E-state index contributed by atoms with van der Waals surface area (Å²) < 4.78 is 45.6. The van der Waals surface area contributed by atoms with Gasteiger partial charge in [0.1, 0.15) is 22.0 Å². The van der Waals surface area contributed by atoms with Crippen LogP contribution in [0.15, 0.2) is 78.0 Å². The Bertz CT molecular complexity index is 1140. The zero-order valence-corrected chi connectivity index (χ0v) is 19.9. The summed E-state index contributed by atoms with van der Waals surface area (Å²) in [5.41, 5.74) is 2.93. The van der Waals surface area contributed by atoms with Crippen molar-refractivity contribution in [1.29, 1.82) is 0 Å². The van der Waals surface area contributed by atoms with E-state index in [1.807, 2.05) is 23.8 Å². The van der Waals surface area contributed by atoms with E-state index in [4.69, 9.17) is 4.74 Å². The highest BCUT2D eigenvalue weighted by Crippen LogP contribution is 2.42. The Morgan fingerprint density at radius 1 is 1.03 bits per heavy atom. The van der Waals surface area contributed by atoms with Crippen molar-refractivity contribution in [3.8, 4) is 17.2 Å². The van der Waals surface area contributed by atoms with Crippen molar-refractivity contribution in [2.24, 2.45) is 0 Å². The largest absolute Gasteiger partial charge is 0.573 e. The molecule has 0 bridgehead atoms. The van der Waals surface area contributed by atoms with Gasteiger partial charge in [0.05, 0.1) is 0 Å². The van der Waals surface area contributed by atoms with Crippen LogP contribution in [-0.4, -0.2) is 45.2 Å². The van der Waals surface area contributed by atoms with Gasteiger partial charge in [-0.1, -0.05) is 6.07 Å². The number of hydrogen-bond acceptors (Lipinski definition) is 7. The van der Waals surface area contributed by atoms with E-state index in [1.54, 1.807) is 30.5 Å². The topological polar surface area (TPSA) is 83.9 Å². The highest BCUT2D eigenvalue weighted by molar-refractivity contribution is 8.01. The molecule has 1 aliphatic rings. The zero-order chi connectivity index (χ0) is 25.6. The van der Waals surface area contributed by atoms with Crippen LogP contribution in [0.4, 0.5) is 13.2 Å². The molecular formula is C25H24F3N3O4S. The molecule has 0 spiro atoms. The molecule has 1 saturated heterocycles. The molecule has 0 radical (unpaired) electrons. The minimum Gasteiger partial charge on any atom is -0.457 e. The van der Waals surface area contributed by atoms with Crippen LogP contribution in [0.1, 0.15) is 18.4 Å². The van der Waals surface area contributed by atoms with E-state index < -0.39 is 17.0 Å². The van der Waals surface area contributed by atoms with Gasteiger partial charge < -0.3 is 9.47 Å². The lowest BCUT2D eigenvalue weighted by Gasteiger charge is -2.39. The summed E-state index contributed by atoms with van der Waals surface area (Å²) in [7, 11) is 0. The Morgan fingerprint density at radius 3 is 2.19 bits per heavy atom. The third-order valence-electron chi connectivity index (χ3n) is 5.74. The summed E-state index contributed by atoms with van der Waals surface area (Å²) in [6.45, 7) is 2.11. The summed E-state index contributed by atoms with van der Waals surface area (Å²) in [5.74, 6) is 0.0633. The van der Waals surface area contributed by atoms with E-state index >= 15 is 0 Å². The van der Waals surface area contributed by atoms with Gasteiger partial charge in [0, 0.05) is 36.9 Å². The molecule has 0 unspecified atom stereocenters. The van der Waals surface area contributed by atoms with Crippen LogP contribution < -0.4 is 15.0 Å². The van der Waals surface area contributed by atoms with Crippen LogP contribution in [0.5, 0.6) is 17.2 Å². The van der Waals surface area contributed by atoms with Gasteiger partial charge >= 0.3 is 6.36 Å². The predicted octanol–water partition coefficient (Wildman–Crippen LogP) is 5.40. The SMILES string of the molecule is O=C(NO)C1(Sc2ccc(Oc3ccc(OC(F)(F)F)cc3)cc2)CCN(Cc2cccnc2)CC1. The molecule has 0 aliphatic carbocycles. The van der Waals surface area contributed by atoms with Crippen molar-refractivity contribution in [2.75, 3.05) is 13.1 Å². The highest BCUT2D eigenvalue weighted by Gasteiger charge is 2.42. The van der Waals surface area contributed by atoms with Gasteiger partial charge in [-0.05, 0) is 73.0 Å². The second-order valence-electron chi connectivity index (χ2n) is 8.27. The summed E-state index contributed by atoms with van der Waals surface area (Å²) in [4.78, 5) is 19.9. The van der Waals surface area contributed by atoms with E-state index in [2.05, 4.69) is 14.6 Å². The lowest BCUT2D eigenvalue weighted by Crippen LogP contribution is -2.50. The van der Waals surface area contributed by atoms with Gasteiger partial charge in [0.25, 0.3) is 5.91 Å². The molecule has 1 aromatic heterocycles. The number of hydrogen-bond donors (Lipinski definition) is 2. The Hall–Kier alpha value is -3.28. The quantitative estimate of drug-likeness (QED) is 0.304. The average molecular weight is 520 g/mol. The second-order valence-corrected chi connectivity index (χ2v) is 9.72. The Kier molecular flexibility index (Phi) is 8.02. The first kappa shape index (κ1) is 25.8. The van der Waals surface area contributed by atoms with Crippen LogP contribution in [0, 0.1) is 0 Å². The number of amides is 1. The number of nitrogens with zero attached hydrogens (tertiary/aromatic N) is 2. The molecule has 4 rings (SSSR count). The number of ether oxygens (including phenoxy) is 2. The van der Waals surface area contributed by atoms with Crippen LogP contribution in [0.2, 0.25) is 0 Å². The molecule has 7 nitrogen and oxygen atoms in total. The molecule has 2 aromatic carbocycles. The number of hydroxylamine groups is 1. The Morgan fingerprint density at radius 2 is 1.64 bits per heavy atom.